The average Bonchev–Trinajstić information content (AvgIpc) is 3.51. The Balaban J connectivity index is 1.42. The second-order valence-corrected chi connectivity index (χ2v) is 8.78. The first kappa shape index (κ1) is 23.4. The topological polar surface area (TPSA) is 65.0 Å². The number of nitrogens with zero attached hydrogens (tertiary/aromatic N) is 2. The number of benzene rings is 2. The Hall–Kier alpha value is -2.71. The van der Waals surface area contributed by atoms with Crippen molar-refractivity contribution >= 4 is 11.6 Å². The van der Waals surface area contributed by atoms with Crippen molar-refractivity contribution in [2.24, 2.45) is 5.92 Å². The van der Waals surface area contributed by atoms with Crippen LogP contribution in [-0.4, -0.2) is 61.3 Å². The van der Waals surface area contributed by atoms with Crippen LogP contribution in [0, 0.1) is 5.92 Å². The fourth-order valence-corrected chi connectivity index (χ4v) is 4.69. The lowest BCUT2D eigenvalue weighted by Gasteiger charge is -2.30. The average molecular weight is 460 g/mol. The van der Waals surface area contributed by atoms with Crippen LogP contribution >= 0.6 is 0 Å². The maximum Gasteiger partial charge on any atom is 0.387 e. The molecular formula is C25H31F2N3O3. The van der Waals surface area contributed by atoms with Gasteiger partial charge in [-0.3, -0.25) is 4.79 Å². The van der Waals surface area contributed by atoms with E-state index in [1.54, 1.807) is 12.1 Å². The van der Waals surface area contributed by atoms with Gasteiger partial charge in [0.05, 0.1) is 12.0 Å². The van der Waals surface area contributed by atoms with E-state index in [1.165, 1.54) is 12.1 Å². The van der Waals surface area contributed by atoms with Gasteiger partial charge in [-0.1, -0.05) is 30.3 Å². The van der Waals surface area contributed by atoms with Gasteiger partial charge in [-0.25, -0.2) is 0 Å². The summed E-state index contributed by atoms with van der Waals surface area (Å²) in [4.78, 5) is 17.6. The maximum absolute atomic E-state index is 13.1. The fourth-order valence-electron chi connectivity index (χ4n) is 4.69. The molecule has 3 atom stereocenters. The molecule has 1 amide bonds. The molecule has 0 bridgehead atoms. The van der Waals surface area contributed by atoms with E-state index < -0.39 is 18.8 Å². The number of alkyl halides is 2. The number of para-hydroxylation sites is 1. The second kappa shape index (κ2) is 10.9. The van der Waals surface area contributed by atoms with Crippen molar-refractivity contribution in [3.63, 3.8) is 0 Å². The third-order valence-corrected chi connectivity index (χ3v) is 6.49. The standard InChI is InChI=1S/C25H31F2N3O3/c26-25(27)33-21-10-8-18(9-11-21)23(31)22(17-29-13-4-5-14-29)28-24(32)19-12-15-30(16-19)20-6-2-1-3-7-20/h1-3,6-11,19,22-23,25,31H,4-5,12-17H2,(H,28,32)/t19-,22-,23-/m1/s1. The number of anilines is 1. The Morgan fingerprint density at radius 2 is 1.76 bits per heavy atom. The molecule has 2 N–H and O–H groups in total. The molecule has 0 radical (unpaired) electrons. The number of ether oxygens (including phenoxy) is 1. The maximum atomic E-state index is 13.1. The Labute approximate surface area is 193 Å². The summed E-state index contributed by atoms with van der Waals surface area (Å²) in [5.74, 6) is -0.178. The second-order valence-electron chi connectivity index (χ2n) is 8.78. The number of likely N-dealkylation sites (tertiary alicyclic amines) is 1. The van der Waals surface area contributed by atoms with Crippen molar-refractivity contribution in [3.8, 4) is 5.75 Å². The van der Waals surface area contributed by atoms with E-state index in [-0.39, 0.29) is 17.6 Å². The summed E-state index contributed by atoms with van der Waals surface area (Å²) in [5, 5.41) is 14.2. The van der Waals surface area contributed by atoms with Crippen LogP contribution in [0.15, 0.2) is 54.6 Å². The van der Waals surface area contributed by atoms with Crippen LogP contribution in [-0.2, 0) is 4.79 Å². The quantitative estimate of drug-likeness (QED) is 0.602. The first-order valence-corrected chi connectivity index (χ1v) is 11.5. The van der Waals surface area contributed by atoms with Crippen LogP contribution in [0.2, 0.25) is 0 Å². The molecule has 0 unspecified atom stereocenters. The highest BCUT2D eigenvalue weighted by Gasteiger charge is 2.32. The number of halogens is 2. The number of aliphatic hydroxyl groups is 1. The lowest BCUT2D eigenvalue weighted by Crippen LogP contribution is -2.48. The van der Waals surface area contributed by atoms with Crippen LogP contribution in [0.1, 0.15) is 30.9 Å². The van der Waals surface area contributed by atoms with Gasteiger partial charge in [0.15, 0.2) is 0 Å². The van der Waals surface area contributed by atoms with Gasteiger partial charge in [0.2, 0.25) is 5.91 Å². The van der Waals surface area contributed by atoms with E-state index in [0.717, 1.165) is 44.6 Å². The molecule has 4 rings (SSSR count). The van der Waals surface area contributed by atoms with Crippen molar-refractivity contribution in [1.29, 1.82) is 0 Å². The SMILES string of the molecule is O=C(N[C@H](CN1CCCC1)[C@H](O)c1ccc(OC(F)F)cc1)[C@@H]1CCN(c2ccccc2)C1. The van der Waals surface area contributed by atoms with E-state index in [4.69, 9.17) is 0 Å². The van der Waals surface area contributed by atoms with Gasteiger partial charge in [0.25, 0.3) is 0 Å². The Morgan fingerprint density at radius 3 is 2.42 bits per heavy atom. The summed E-state index contributed by atoms with van der Waals surface area (Å²) in [6.07, 6.45) is 2.00. The number of carbonyl (C=O) groups is 1. The third kappa shape index (κ3) is 6.21. The van der Waals surface area contributed by atoms with Gasteiger partial charge >= 0.3 is 6.61 Å². The lowest BCUT2D eigenvalue weighted by atomic mass is 10.00. The summed E-state index contributed by atoms with van der Waals surface area (Å²) < 4.78 is 29.3. The molecule has 0 saturated carbocycles. The van der Waals surface area contributed by atoms with Crippen LogP contribution < -0.4 is 15.0 Å². The molecule has 2 aromatic carbocycles. The normalized spacial score (nSPS) is 20.7. The molecule has 2 aliphatic heterocycles. The summed E-state index contributed by atoms with van der Waals surface area (Å²) in [5.41, 5.74) is 1.66. The first-order chi connectivity index (χ1) is 16.0. The zero-order valence-electron chi connectivity index (χ0n) is 18.6. The van der Waals surface area contributed by atoms with Gasteiger partial charge in [-0.2, -0.15) is 8.78 Å². The first-order valence-electron chi connectivity index (χ1n) is 11.5. The zero-order valence-corrected chi connectivity index (χ0v) is 18.6. The predicted molar refractivity (Wildman–Crippen MR) is 122 cm³/mol. The van der Waals surface area contributed by atoms with Crippen LogP contribution in [0.5, 0.6) is 5.75 Å². The van der Waals surface area contributed by atoms with Crippen molar-refractivity contribution in [2.75, 3.05) is 37.6 Å². The Kier molecular flexibility index (Phi) is 7.77. The molecule has 0 aromatic heterocycles. The van der Waals surface area contributed by atoms with Crippen molar-refractivity contribution < 1.29 is 23.4 Å². The molecule has 178 valence electrons. The van der Waals surface area contributed by atoms with Gasteiger partial charge < -0.3 is 25.0 Å². The minimum Gasteiger partial charge on any atom is -0.435 e. The number of amides is 1. The van der Waals surface area contributed by atoms with Crippen molar-refractivity contribution in [2.45, 2.75) is 38.0 Å². The van der Waals surface area contributed by atoms with E-state index in [2.05, 4.69) is 19.9 Å². The monoisotopic (exact) mass is 459 g/mol. The van der Waals surface area contributed by atoms with Gasteiger partial charge in [-0.15, -0.1) is 0 Å². The molecule has 33 heavy (non-hydrogen) atoms. The summed E-state index contributed by atoms with van der Waals surface area (Å²) >= 11 is 0. The minimum absolute atomic E-state index is 0.0352. The molecule has 6 nitrogen and oxygen atoms in total. The zero-order chi connectivity index (χ0) is 23.2. The highest BCUT2D eigenvalue weighted by Crippen LogP contribution is 2.26. The lowest BCUT2D eigenvalue weighted by molar-refractivity contribution is -0.126. The minimum atomic E-state index is -2.90. The number of aliphatic hydroxyl groups excluding tert-OH is 1. The number of rotatable bonds is 9. The molecule has 2 aliphatic rings. The molecule has 2 saturated heterocycles. The molecule has 2 aromatic rings. The van der Waals surface area contributed by atoms with E-state index in [1.807, 2.05) is 30.3 Å². The van der Waals surface area contributed by atoms with Crippen LogP contribution in [0.25, 0.3) is 0 Å². The summed E-state index contributed by atoms with van der Waals surface area (Å²) in [6, 6.07) is 15.5. The van der Waals surface area contributed by atoms with E-state index >= 15 is 0 Å². The number of nitrogens with one attached hydrogen (secondary N) is 1. The molecule has 0 spiro atoms. The van der Waals surface area contributed by atoms with Gasteiger partial charge in [0, 0.05) is 25.3 Å². The smallest absolute Gasteiger partial charge is 0.387 e. The molecule has 2 fully saturated rings. The highest BCUT2D eigenvalue weighted by molar-refractivity contribution is 5.80. The Morgan fingerprint density at radius 1 is 1.06 bits per heavy atom. The van der Waals surface area contributed by atoms with Gasteiger partial charge in [0.1, 0.15) is 11.9 Å². The van der Waals surface area contributed by atoms with Crippen LogP contribution in [0.4, 0.5) is 14.5 Å². The van der Waals surface area contributed by atoms with Crippen LogP contribution in [0.3, 0.4) is 0 Å². The van der Waals surface area contributed by atoms with Gasteiger partial charge in [-0.05, 0) is 62.2 Å². The molecule has 2 heterocycles. The van der Waals surface area contributed by atoms with E-state index in [9.17, 15) is 18.7 Å². The van der Waals surface area contributed by atoms with Crippen molar-refractivity contribution in [1.82, 2.24) is 10.2 Å². The third-order valence-electron chi connectivity index (χ3n) is 6.49. The fraction of sp³-hybridized carbons (Fsp3) is 0.480. The number of hydrogen-bond acceptors (Lipinski definition) is 5. The van der Waals surface area contributed by atoms with Crippen molar-refractivity contribution in [3.05, 3.63) is 60.2 Å². The highest BCUT2D eigenvalue weighted by atomic mass is 19.3. The Bertz CT molecular complexity index is 892. The largest absolute Gasteiger partial charge is 0.435 e. The number of carbonyl (C=O) groups excluding carboxylic acids is 1. The molecular weight excluding hydrogens is 428 g/mol. The number of hydrogen-bond donors (Lipinski definition) is 2. The molecule has 0 aliphatic carbocycles. The summed E-state index contributed by atoms with van der Waals surface area (Å²) in [7, 11) is 0. The van der Waals surface area contributed by atoms with E-state index in [0.29, 0.717) is 18.7 Å². The predicted octanol–water partition coefficient (Wildman–Crippen LogP) is 3.43. The summed E-state index contributed by atoms with van der Waals surface area (Å²) in [6.45, 7) is 0.966. The molecule has 8 heteroatoms.